The number of para-hydroxylation sites is 2. The molecule has 8 heteroatoms. The van der Waals surface area contributed by atoms with E-state index >= 15 is 0 Å². The molecule has 3 aliphatic rings. The summed E-state index contributed by atoms with van der Waals surface area (Å²) in [4.78, 5) is 45.4. The van der Waals surface area contributed by atoms with Gasteiger partial charge < -0.3 is 23.7 Å². The Balaban J connectivity index is 1.53. The van der Waals surface area contributed by atoms with Crippen LogP contribution < -0.4 is 19.8 Å². The van der Waals surface area contributed by atoms with Crippen molar-refractivity contribution in [2.45, 2.75) is 19.0 Å². The topological polar surface area (TPSA) is 89.3 Å². The summed E-state index contributed by atoms with van der Waals surface area (Å²) < 4.78 is 17.0. The van der Waals surface area contributed by atoms with Crippen LogP contribution >= 0.6 is 0 Å². The van der Waals surface area contributed by atoms with Crippen LogP contribution in [0.15, 0.2) is 75.9 Å². The highest BCUT2D eigenvalue weighted by Gasteiger charge is 2.64. The summed E-state index contributed by atoms with van der Waals surface area (Å²) in [5.74, 6) is 0.236. The van der Waals surface area contributed by atoms with Crippen molar-refractivity contribution in [2.75, 3.05) is 18.2 Å². The first-order chi connectivity index (χ1) is 17.6. The smallest absolute Gasteiger partial charge is 0.291 e. The number of benzene rings is 3. The highest BCUT2D eigenvalue weighted by molar-refractivity contribution is 6.17. The van der Waals surface area contributed by atoms with Crippen LogP contribution in [0.4, 0.5) is 5.69 Å². The number of amides is 2. The van der Waals surface area contributed by atoms with Crippen molar-refractivity contribution in [3.05, 3.63) is 99.4 Å². The van der Waals surface area contributed by atoms with Gasteiger partial charge in [-0.1, -0.05) is 36.4 Å². The Morgan fingerprint density at radius 2 is 1.69 bits per heavy atom. The van der Waals surface area contributed by atoms with Gasteiger partial charge in [-0.25, -0.2) is 0 Å². The molecule has 7 rings (SSSR count). The van der Waals surface area contributed by atoms with E-state index < -0.39 is 11.4 Å². The van der Waals surface area contributed by atoms with Crippen LogP contribution in [0.25, 0.3) is 11.0 Å². The SMILES string of the molecule is CCN1C(=O)C2(c3ccccc31)c1c(oc3ccccc3c1=O)C(=O)N2Cc1ccc2c(c1)OCO2. The number of nitrogens with zero attached hydrogens (tertiary/aromatic N) is 2. The fourth-order valence-electron chi connectivity index (χ4n) is 5.69. The van der Waals surface area contributed by atoms with Gasteiger partial charge in [-0.05, 0) is 42.8 Å². The first kappa shape index (κ1) is 20.8. The normalized spacial score (nSPS) is 19.5. The van der Waals surface area contributed by atoms with Crippen molar-refractivity contribution < 1.29 is 23.5 Å². The minimum absolute atomic E-state index is 0.0626. The van der Waals surface area contributed by atoms with E-state index in [9.17, 15) is 14.4 Å². The van der Waals surface area contributed by atoms with Crippen molar-refractivity contribution in [3.8, 4) is 11.5 Å². The zero-order chi connectivity index (χ0) is 24.6. The molecule has 3 aromatic carbocycles. The van der Waals surface area contributed by atoms with E-state index in [1.54, 1.807) is 41.3 Å². The lowest BCUT2D eigenvalue weighted by Crippen LogP contribution is -2.53. The lowest BCUT2D eigenvalue weighted by molar-refractivity contribution is -0.126. The molecule has 0 fully saturated rings. The molecule has 4 heterocycles. The summed E-state index contributed by atoms with van der Waals surface area (Å²) in [6.45, 7) is 2.45. The third kappa shape index (κ3) is 2.45. The van der Waals surface area contributed by atoms with Gasteiger partial charge in [0.1, 0.15) is 5.58 Å². The Bertz CT molecular complexity index is 1670. The maximum absolute atomic E-state index is 14.3. The first-order valence-electron chi connectivity index (χ1n) is 11.7. The van der Waals surface area contributed by atoms with Crippen LogP contribution in [0.5, 0.6) is 11.5 Å². The van der Waals surface area contributed by atoms with E-state index in [0.717, 1.165) is 5.56 Å². The fraction of sp³-hybridized carbons (Fsp3) is 0.179. The molecule has 2 amide bonds. The molecule has 0 radical (unpaired) electrons. The number of carbonyl (C=O) groups is 2. The number of carbonyl (C=O) groups excluding carboxylic acids is 2. The predicted octanol–water partition coefficient (Wildman–Crippen LogP) is 3.79. The van der Waals surface area contributed by atoms with E-state index in [4.69, 9.17) is 13.9 Å². The number of ether oxygens (including phenoxy) is 2. The molecule has 178 valence electrons. The number of rotatable bonds is 3. The molecule has 36 heavy (non-hydrogen) atoms. The van der Waals surface area contributed by atoms with Crippen molar-refractivity contribution in [1.82, 2.24) is 4.90 Å². The Labute approximate surface area is 205 Å². The second-order valence-electron chi connectivity index (χ2n) is 8.99. The molecule has 1 spiro atoms. The standard InChI is InChI=1S/C28H20N2O6/c1-2-29-19-9-5-4-8-18(19)28(27(29)33)23-24(31)17-7-3-6-10-20(17)36-25(23)26(32)30(28)14-16-11-12-21-22(13-16)35-15-34-21/h3-13H,2,14-15H2,1H3. The summed E-state index contributed by atoms with van der Waals surface area (Å²) >= 11 is 0. The third-order valence-corrected chi connectivity index (χ3v) is 7.24. The molecule has 0 bridgehead atoms. The maximum Gasteiger partial charge on any atom is 0.291 e. The van der Waals surface area contributed by atoms with Gasteiger partial charge in [-0.15, -0.1) is 0 Å². The van der Waals surface area contributed by atoms with Gasteiger partial charge >= 0.3 is 0 Å². The molecule has 0 saturated heterocycles. The molecular weight excluding hydrogens is 460 g/mol. The van der Waals surface area contributed by atoms with E-state index in [1.165, 1.54) is 4.90 Å². The second kappa shape index (κ2) is 7.21. The molecule has 0 saturated carbocycles. The van der Waals surface area contributed by atoms with Gasteiger partial charge in [0.05, 0.1) is 16.6 Å². The van der Waals surface area contributed by atoms with Crippen molar-refractivity contribution >= 4 is 28.5 Å². The van der Waals surface area contributed by atoms with Crippen LogP contribution in [0.2, 0.25) is 0 Å². The summed E-state index contributed by atoms with van der Waals surface area (Å²) in [5.41, 5.74) is 0.355. The lowest BCUT2D eigenvalue weighted by atomic mass is 9.83. The summed E-state index contributed by atoms with van der Waals surface area (Å²) in [7, 11) is 0. The predicted molar refractivity (Wildman–Crippen MR) is 130 cm³/mol. The van der Waals surface area contributed by atoms with Crippen LogP contribution in [-0.2, 0) is 16.9 Å². The summed E-state index contributed by atoms with van der Waals surface area (Å²) in [5, 5.41) is 0.327. The largest absolute Gasteiger partial charge is 0.454 e. The van der Waals surface area contributed by atoms with E-state index in [0.29, 0.717) is 40.3 Å². The number of likely N-dealkylation sites (N-methyl/N-ethyl adjacent to an activating group) is 1. The zero-order valence-corrected chi connectivity index (χ0v) is 19.3. The summed E-state index contributed by atoms with van der Waals surface area (Å²) in [6, 6.07) is 19.5. The molecule has 8 nitrogen and oxygen atoms in total. The van der Waals surface area contributed by atoms with Gasteiger partial charge in [-0.3, -0.25) is 14.4 Å². The van der Waals surface area contributed by atoms with Crippen LogP contribution in [0.1, 0.15) is 34.2 Å². The van der Waals surface area contributed by atoms with E-state index in [2.05, 4.69) is 0 Å². The molecule has 0 N–H and O–H groups in total. The van der Waals surface area contributed by atoms with Gasteiger partial charge in [0, 0.05) is 18.7 Å². The lowest BCUT2D eigenvalue weighted by Gasteiger charge is -2.34. The Morgan fingerprint density at radius 3 is 2.56 bits per heavy atom. The number of hydrogen-bond acceptors (Lipinski definition) is 6. The first-order valence-corrected chi connectivity index (χ1v) is 11.7. The number of fused-ring (bicyclic) bond motifs is 6. The quantitative estimate of drug-likeness (QED) is 0.443. The third-order valence-electron chi connectivity index (χ3n) is 7.24. The molecule has 1 aromatic heterocycles. The molecule has 1 atom stereocenters. The highest BCUT2D eigenvalue weighted by atomic mass is 16.7. The number of hydrogen-bond donors (Lipinski definition) is 0. The molecule has 3 aliphatic heterocycles. The maximum atomic E-state index is 14.3. The van der Waals surface area contributed by atoms with Crippen LogP contribution in [-0.4, -0.2) is 30.1 Å². The van der Waals surface area contributed by atoms with Crippen molar-refractivity contribution in [3.63, 3.8) is 0 Å². The van der Waals surface area contributed by atoms with Gasteiger partial charge in [0.15, 0.2) is 22.5 Å². The monoisotopic (exact) mass is 480 g/mol. The molecular formula is C28H20N2O6. The zero-order valence-electron chi connectivity index (χ0n) is 19.3. The van der Waals surface area contributed by atoms with E-state index in [1.807, 2.05) is 37.3 Å². The fourth-order valence-corrected chi connectivity index (χ4v) is 5.69. The number of anilines is 1. The molecule has 1 unspecified atom stereocenters. The van der Waals surface area contributed by atoms with Gasteiger partial charge in [0.25, 0.3) is 11.8 Å². The molecule has 4 aromatic rings. The van der Waals surface area contributed by atoms with Crippen LogP contribution in [0, 0.1) is 0 Å². The van der Waals surface area contributed by atoms with Gasteiger partial charge in [0.2, 0.25) is 12.6 Å². The van der Waals surface area contributed by atoms with Crippen molar-refractivity contribution in [1.29, 1.82) is 0 Å². The van der Waals surface area contributed by atoms with Gasteiger partial charge in [-0.2, -0.15) is 0 Å². The average Bonchev–Trinajstić information content (AvgIpc) is 3.53. The molecule has 0 aliphatic carbocycles. The Kier molecular flexibility index (Phi) is 4.16. The minimum atomic E-state index is -1.64. The Morgan fingerprint density at radius 1 is 0.917 bits per heavy atom. The van der Waals surface area contributed by atoms with E-state index in [-0.39, 0.29) is 36.0 Å². The summed E-state index contributed by atoms with van der Waals surface area (Å²) in [6.07, 6.45) is 0. The highest BCUT2D eigenvalue weighted by Crippen LogP contribution is 2.53. The second-order valence-corrected chi connectivity index (χ2v) is 8.99. The average molecular weight is 480 g/mol. The van der Waals surface area contributed by atoms with Crippen LogP contribution in [0.3, 0.4) is 0 Å². The minimum Gasteiger partial charge on any atom is -0.454 e. The Hall–Kier alpha value is -4.59. The van der Waals surface area contributed by atoms with Crippen molar-refractivity contribution in [2.24, 2.45) is 0 Å².